The van der Waals surface area contributed by atoms with E-state index in [-0.39, 0.29) is 16.9 Å². The Morgan fingerprint density at radius 3 is 2.58 bits per heavy atom. The Morgan fingerprint density at radius 1 is 1.26 bits per heavy atom. The standard InChI is InChI=1S/C14H18FNO2S/c1-8-9(2)19(17,18)13-7-10(15)3-6-12(13)14(8)16-11-4-5-11/h3,6-9,11,14,16H,4-5H2,1-2H3. The van der Waals surface area contributed by atoms with E-state index in [0.717, 1.165) is 24.5 Å². The minimum atomic E-state index is -3.42. The van der Waals surface area contributed by atoms with Gasteiger partial charge in [0.05, 0.1) is 10.1 Å². The van der Waals surface area contributed by atoms with Crippen LogP contribution in [-0.4, -0.2) is 19.7 Å². The molecule has 0 bridgehead atoms. The fraction of sp³-hybridized carbons (Fsp3) is 0.571. The number of nitrogens with one attached hydrogen (secondary N) is 1. The van der Waals surface area contributed by atoms with Gasteiger partial charge in [0.25, 0.3) is 0 Å². The Labute approximate surface area is 113 Å². The van der Waals surface area contributed by atoms with Crippen LogP contribution in [0.2, 0.25) is 0 Å². The van der Waals surface area contributed by atoms with E-state index in [0.29, 0.717) is 6.04 Å². The van der Waals surface area contributed by atoms with Crippen LogP contribution in [0, 0.1) is 11.7 Å². The normalized spacial score (nSPS) is 32.9. The minimum Gasteiger partial charge on any atom is -0.307 e. The average molecular weight is 283 g/mol. The van der Waals surface area contributed by atoms with Crippen molar-refractivity contribution in [2.75, 3.05) is 0 Å². The van der Waals surface area contributed by atoms with Crippen LogP contribution in [-0.2, 0) is 9.84 Å². The largest absolute Gasteiger partial charge is 0.307 e. The second-order valence-electron chi connectivity index (χ2n) is 5.71. The molecule has 0 aromatic heterocycles. The predicted molar refractivity (Wildman–Crippen MR) is 71.1 cm³/mol. The molecule has 3 rings (SSSR count). The number of sulfone groups is 1. The number of hydrogen-bond donors (Lipinski definition) is 1. The van der Waals surface area contributed by atoms with Crippen LogP contribution in [0.5, 0.6) is 0 Å². The van der Waals surface area contributed by atoms with E-state index in [1.54, 1.807) is 13.0 Å². The van der Waals surface area contributed by atoms with Crippen LogP contribution in [0.1, 0.15) is 38.3 Å². The fourth-order valence-corrected chi connectivity index (χ4v) is 4.72. The molecule has 104 valence electrons. The summed E-state index contributed by atoms with van der Waals surface area (Å²) >= 11 is 0. The molecule has 1 aliphatic carbocycles. The maximum Gasteiger partial charge on any atom is 0.181 e. The van der Waals surface area contributed by atoms with E-state index in [2.05, 4.69) is 5.32 Å². The van der Waals surface area contributed by atoms with Crippen molar-refractivity contribution in [3.8, 4) is 0 Å². The summed E-state index contributed by atoms with van der Waals surface area (Å²) in [6.45, 7) is 3.67. The number of rotatable bonds is 2. The SMILES string of the molecule is CC1C(NC2CC2)c2ccc(F)cc2S(=O)(=O)C1C. The van der Waals surface area contributed by atoms with Gasteiger partial charge in [0.15, 0.2) is 9.84 Å². The molecule has 5 heteroatoms. The molecule has 3 nitrogen and oxygen atoms in total. The van der Waals surface area contributed by atoms with Gasteiger partial charge in [-0.2, -0.15) is 0 Å². The highest BCUT2D eigenvalue weighted by Gasteiger charge is 2.43. The van der Waals surface area contributed by atoms with Gasteiger partial charge < -0.3 is 5.32 Å². The highest BCUT2D eigenvalue weighted by Crippen LogP contribution is 2.41. The smallest absolute Gasteiger partial charge is 0.181 e. The number of hydrogen-bond acceptors (Lipinski definition) is 3. The van der Waals surface area contributed by atoms with Crippen molar-refractivity contribution in [1.29, 1.82) is 0 Å². The monoisotopic (exact) mass is 283 g/mol. The third-order valence-electron chi connectivity index (χ3n) is 4.37. The highest BCUT2D eigenvalue weighted by atomic mass is 32.2. The van der Waals surface area contributed by atoms with Gasteiger partial charge in [0, 0.05) is 12.1 Å². The first-order valence-electron chi connectivity index (χ1n) is 6.70. The first-order valence-corrected chi connectivity index (χ1v) is 8.25. The fourth-order valence-electron chi connectivity index (χ4n) is 2.79. The van der Waals surface area contributed by atoms with Crippen LogP contribution in [0.3, 0.4) is 0 Å². The zero-order valence-electron chi connectivity index (χ0n) is 11.1. The van der Waals surface area contributed by atoms with Crippen LogP contribution >= 0.6 is 0 Å². The number of halogens is 1. The lowest BCUT2D eigenvalue weighted by atomic mass is 9.91. The average Bonchev–Trinajstić information content (AvgIpc) is 3.17. The van der Waals surface area contributed by atoms with E-state index >= 15 is 0 Å². The van der Waals surface area contributed by atoms with Crippen molar-refractivity contribution < 1.29 is 12.8 Å². The zero-order valence-corrected chi connectivity index (χ0v) is 11.9. The summed E-state index contributed by atoms with van der Waals surface area (Å²) in [7, 11) is -3.42. The first-order chi connectivity index (χ1) is 8.91. The van der Waals surface area contributed by atoms with Gasteiger partial charge in [-0.15, -0.1) is 0 Å². The van der Waals surface area contributed by atoms with E-state index in [1.807, 2.05) is 6.92 Å². The van der Waals surface area contributed by atoms with Gasteiger partial charge in [0.2, 0.25) is 0 Å². The van der Waals surface area contributed by atoms with Gasteiger partial charge in [-0.3, -0.25) is 0 Å². The summed E-state index contributed by atoms with van der Waals surface area (Å²) in [6, 6.07) is 4.61. The molecule has 0 amide bonds. The molecule has 0 saturated heterocycles. The van der Waals surface area contributed by atoms with E-state index in [1.165, 1.54) is 6.07 Å². The van der Waals surface area contributed by atoms with Crippen LogP contribution in [0.25, 0.3) is 0 Å². The summed E-state index contributed by atoms with van der Waals surface area (Å²) in [5.41, 5.74) is 0.721. The second-order valence-corrected chi connectivity index (χ2v) is 7.98. The molecule has 1 saturated carbocycles. The summed E-state index contributed by atoms with van der Waals surface area (Å²) in [4.78, 5) is 0.163. The third-order valence-corrected chi connectivity index (χ3v) is 6.74. The Kier molecular flexibility index (Phi) is 2.94. The molecule has 1 aromatic carbocycles. The Balaban J connectivity index is 2.13. The molecule has 3 atom stereocenters. The molecule has 1 N–H and O–H groups in total. The van der Waals surface area contributed by atoms with Crippen LogP contribution < -0.4 is 5.32 Å². The van der Waals surface area contributed by atoms with E-state index in [9.17, 15) is 12.8 Å². The van der Waals surface area contributed by atoms with Crippen molar-refractivity contribution in [2.24, 2.45) is 5.92 Å². The first kappa shape index (κ1) is 13.1. The lowest BCUT2D eigenvalue weighted by Crippen LogP contribution is -2.42. The van der Waals surface area contributed by atoms with E-state index < -0.39 is 20.9 Å². The molecule has 3 unspecified atom stereocenters. The quantitative estimate of drug-likeness (QED) is 0.906. The van der Waals surface area contributed by atoms with Crippen molar-refractivity contribution in [1.82, 2.24) is 5.32 Å². The molecule has 19 heavy (non-hydrogen) atoms. The minimum absolute atomic E-state index is 0.00150. The molecule has 1 fully saturated rings. The molecule has 1 aliphatic heterocycles. The maximum absolute atomic E-state index is 13.4. The Hall–Kier alpha value is -0.940. The molecular weight excluding hydrogens is 265 g/mol. The van der Waals surface area contributed by atoms with Crippen molar-refractivity contribution in [3.05, 3.63) is 29.6 Å². The number of benzene rings is 1. The van der Waals surface area contributed by atoms with Gasteiger partial charge in [0.1, 0.15) is 5.82 Å². The van der Waals surface area contributed by atoms with Crippen molar-refractivity contribution in [3.63, 3.8) is 0 Å². The molecular formula is C14H18FNO2S. The Bertz CT molecular complexity index is 610. The molecule has 0 radical (unpaired) electrons. The van der Waals surface area contributed by atoms with Gasteiger partial charge in [-0.05, 0) is 43.4 Å². The second kappa shape index (κ2) is 4.28. The summed E-state index contributed by atoms with van der Waals surface area (Å²) in [6.07, 6.45) is 2.28. The molecule has 1 heterocycles. The lowest BCUT2D eigenvalue weighted by molar-refractivity contribution is 0.355. The molecule has 0 spiro atoms. The summed E-state index contributed by atoms with van der Waals surface area (Å²) < 4.78 is 38.2. The Morgan fingerprint density at radius 2 is 1.95 bits per heavy atom. The third kappa shape index (κ3) is 2.09. The summed E-state index contributed by atoms with van der Waals surface area (Å²) in [5.74, 6) is -0.502. The van der Waals surface area contributed by atoms with Crippen LogP contribution in [0.15, 0.2) is 23.1 Å². The van der Waals surface area contributed by atoms with E-state index in [4.69, 9.17) is 0 Å². The molecule has 2 aliphatic rings. The lowest BCUT2D eigenvalue weighted by Gasteiger charge is -2.36. The zero-order chi connectivity index (χ0) is 13.8. The van der Waals surface area contributed by atoms with Crippen LogP contribution in [0.4, 0.5) is 4.39 Å². The predicted octanol–water partition coefficient (Wildman–Crippen LogP) is 2.43. The molecule has 1 aromatic rings. The summed E-state index contributed by atoms with van der Waals surface area (Å²) in [5, 5.41) is 3.01. The van der Waals surface area contributed by atoms with Crippen molar-refractivity contribution >= 4 is 9.84 Å². The number of fused-ring (bicyclic) bond motifs is 1. The van der Waals surface area contributed by atoms with Crippen molar-refractivity contribution in [2.45, 2.75) is 48.9 Å². The van der Waals surface area contributed by atoms with Gasteiger partial charge in [-0.1, -0.05) is 13.0 Å². The maximum atomic E-state index is 13.4. The topological polar surface area (TPSA) is 46.2 Å². The van der Waals surface area contributed by atoms with Gasteiger partial charge in [-0.25, -0.2) is 12.8 Å². The van der Waals surface area contributed by atoms with Gasteiger partial charge >= 0.3 is 0 Å². The highest BCUT2D eigenvalue weighted by molar-refractivity contribution is 7.92.